The molecule has 29 heavy (non-hydrogen) atoms. The molecular weight excluding hydrogens is 482 g/mol. The molecule has 0 N–H and O–H groups in total. The average Bonchev–Trinajstić information content (AvgIpc) is 2.78. The molecular formula is C24H16As2N2O. The zero-order chi connectivity index (χ0) is 19.2. The molecule has 2 heterocycles. The van der Waals surface area contributed by atoms with Crippen molar-refractivity contribution in [1.82, 2.24) is 0 Å². The summed E-state index contributed by atoms with van der Waals surface area (Å²) in [6.07, 6.45) is 0. The second-order valence-electron chi connectivity index (χ2n) is 6.91. The molecule has 1 unspecified atom stereocenters. The van der Waals surface area contributed by atoms with Crippen molar-refractivity contribution >= 4 is 49.9 Å². The zero-order valence-corrected chi connectivity index (χ0v) is 19.4. The van der Waals surface area contributed by atoms with Crippen LogP contribution in [0.25, 0.3) is 0 Å². The van der Waals surface area contributed by atoms with Gasteiger partial charge in [-0.3, -0.25) is 0 Å². The quantitative estimate of drug-likeness (QED) is 0.344. The Bertz CT molecular complexity index is 1540. The molecule has 5 heteroatoms. The Morgan fingerprint density at radius 3 is 2.34 bits per heavy atom. The summed E-state index contributed by atoms with van der Waals surface area (Å²) in [5.74, 6) is 1.00. The summed E-state index contributed by atoms with van der Waals surface area (Å²) in [5, 5.41) is 2.15. The summed E-state index contributed by atoms with van der Waals surface area (Å²) in [7, 11) is 0. The fourth-order valence-electron chi connectivity index (χ4n) is 3.72. The van der Waals surface area contributed by atoms with Crippen LogP contribution in [-0.2, 0) is 0 Å². The van der Waals surface area contributed by atoms with Crippen LogP contribution >= 0.6 is 0 Å². The Balaban J connectivity index is 1.58. The molecule has 0 spiro atoms. The van der Waals surface area contributed by atoms with Crippen molar-refractivity contribution in [2.24, 2.45) is 9.98 Å². The third-order valence-electron chi connectivity index (χ3n) is 5.08. The zero-order valence-electron chi connectivity index (χ0n) is 15.4. The number of fused-ring (bicyclic) bond motifs is 4. The standard InChI is InChI=1S/C24H16As2N2O/c1-4-11-19-16(8-1)25-24-22(27-19)14-7-15-23(24)29-26-17-9-2-5-12-20(17)28-21-13-6-3-10-18(21)26/h1-15,26H. The molecule has 0 saturated heterocycles. The van der Waals surface area contributed by atoms with E-state index in [1.807, 2.05) is 0 Å². The molecule has 138 valence electrons. The van der Waals surface area contributed by atoms with Crippen LogP contribution in [0, 0.1) is 7.90 Å². The van der Waals surface area contributed by atoms with E-state index in [2.05, 4.69) is 91.0 Å². The van der Waals surface area contributed by atoms with Crippen molar-refractivity contribution < 1.29 is 3.73 Å². The van der Waals surface area contributed by atoms with Gasteiger partial charge >= 0.3 is 179 Å². The minimum atomic E-state index is -2.25. The van der Waals surface area contributed by atoms with Gasteiger partial charge in [-0.25, -0.2) is 0 Å². The van der Waals surface area contributed by atoms with Crippen molar-refractivity contribution in [3.63, 3.8) is 0 Å². The van der Waals surface area contributed by atoms with Crippen LogP contribution in [0.5, 0.6) is 5.75 Å². The van der Waals surface area contributed by atoms with E-state index in [1.54, 1.807) is 0 Å². The van der Waals surface area contributed by atoms with Crippen molar-refractivity contribution in [2.75, 3.05) is 0 Å². The molecule has 0 bridgehead atoms. The number of rotatable bonds is 2. The van der Waals surface area contributed by atoms with E-state index < -0.39 is 14.6 Å². The number of para-hydroxylation sites is 3. The Labute approximate surface area is 178 Å². The van der Waals surface area contributed by atoms with E-state index >= 15 is 0 Å². The molecule has 0 radical (unpaired) electrons. The van der Waals surface area contributed by atoms with Gasteiger partial charge in [0, 0.05) is 0 Å². The van der Waals surface area contributed by atoms with Crippen LogP contribution in [0.4, 0.5) is 11.4 Å². The normalized spacial score (nSPS) is 15.9. The summed E-state index contributed by atoms with van der Waals surface area (Å²) in [6.45, 7) is 0. The molecule has 0 fully saturated rings. The van der Waals surface area contributed by atoms with Crippen LogP contribution in [-0.4, -0.2) is 29.9 Å². The van der Waals surface area contributed by atoms with E-state index in [-0.39, 0.29) is 15.3 Å². The first-order valence-electron chi connectivity index (χ1n) is 9.48. The maximum absolute atomic E-state index is 6.89. The topological polar surface area (TPSA) is 34.0 Å². The van der Waals surface area contributed by atoms with E-state index in [4.69, 9.17) is 13.7 Å². The van der Waals surface area contributed by atoms with Crippen LogP contribution in [0.1, 0.15) is 0 Å². The van der Waals surface area contributed by atoms with Gasteiger partial charge in [-0.05, 0) is 0 Å². The van der Waals surface area contributed by atoms with Crippen LogP contribution < -0.4 is 23.1 Å². The van der Waals surface area contributed by atoms with Gasteiger partial charge in [0.05, 0.1) is 0 Å². The minimum absolute atomic E-state index is 0.153. The van der Waals surface area contributed by atoms with Gasteiger partial charge in [0.1, 0.15) is 0 Å². The van der Waals surface area contributed by atoms with Crippen molar-refractivity contribution in [3.05, 3.63) is 110 Å². The van der Waals surface area contributed by atoms with Gasteiger partial charge in [-0.1, -0.05) is 0 Å². The summed E-state index contributed by atoms with van der Waals surface area (Å²) in [6, 6.07) is 31.6. The molecule has 4 aromatic rings. The Morgan fingerprint density at radius 2 is 1.38 bits per heavy atom. The molecule has 3 nitrogen and oxygen atoms in total. The van der Waals surface area contributed by atoms with E-state index in [1.165, 1.54) is 16.6 Å². The maximum atomic E-state index is 6.89. The summed E-state index contributed by atoms with van der Waals surface area (Å²) < 4.78 is 12.1. The van der Waals surface area contributed by atoms with Gasteiger partial charge in [-0.2, -0.15) is 0 Å². The number of nitrogens with zero attached hydrogens (tertiary/aromatic N) is 2. The predicted octanol–water partition coefficient (Wildman–Crippen LogP) is 2.04. The first-order chi connectivity index (χ1) is 14.4. The molecule has 4 aromatic carbocycles. The number of hydrogen-bond acceptors (Lipinski definition) is 3. The van der Waals surface area contributed by atoms with Gasteiger partial charge in [0.25, 0.3) is 0 Å². The summed E-state index contributed by atoms with van der Waals surface area (Å²) in [5.41, 5.74) is 2.11. The van der Waals surface area contributed by atoms with E-state index in [0.717, 1.165) is 27.8 Å². The van der Waals surface area contributed by atoms with Crippen molar-refractivity contribution in [2.45, 2.75) is 0 Å². The third kappa shape index (κ3) is 2.97. The Hall–Kier alpha value is -2.60. The van der Waals surface area contributed by atoms with Crippen molar-refractivity contribution in [1.29, 1.82) is 0 Å². The van der Waals surface area contributed by atoms with Crippen LogP contribution in [0.15, 0.2) is 101 Å². The Kier molecular flexibility index (Phi) is 4.18. The molecule has 6 rings (SSSR count). The molecule has 0 aromatic heterocycles. The van der Waals surface area contributed by atoms with E-state index in [0.29, 0.717) is 0 Å². The summed E-state index contributed by atoms with van der Waals surface area (Å²) in [4.78, 5) is 9.76. The van der Waals surface area contributed by atoms with Gasteiger partial charge in [-0.15, -0.1) is 0 Å². The second-order valence-corrected chi connectivity index (χ2v) is 13.4. The predicted molar refractivity (Wildman–Crippen MR) is 118 cm³/mol. The number of benzene rings is 4. The summed E-state index contributed by atoms with van der Waals surface area (Å²) >= 11 is -2.40. The fourth-order valence-corrected chi connectivity index (χ4v) is 10.9. The average molecular weight is 498 g/mol. The Morgan fingerprint density at radius 1 is 0.655 bits per heavy atom. The van der Waals surface area contributed by atoms with Crippen LogP contribution in [0.3, 0.4) is 0 Å². The molecule has 2 aliphatic heterocycles. The van der Waals surface area contributed by atoms with Crippen molar-refractivity contribution in [3.8, 4) is 5.75 Å². The second kappa shape index (κ2) is 7.02. The first kappa shape index (κ1) is 17.3. The molecule has 0 saturated carbocycles. The van der Waals surface area contributed by atoms with Gasteiger partial charge in [0.15, 0.2) is 0 Å². The monoisotopic (exact) mass is 498 g/mol. The number of hydrogen-bond donors (Lipinski definition) is 0. The molecule has 2 aliphatic rings. The van der Waals surface area contributed by atoms with Gasteiger partial charge in [0.2, 0.25) is 0 Å². The first-order valence-corrected chi connectivity index (χ1v) is 14.3. The molecule has 0 aliphatic carbocycles. The third-order valence-corrected chi connectivity index (χ3v) is 12.5. The van der Waals surface area contributed by atoms with Gasteiger partial charge < -0.3 is 0 Å². The molecule has 0 amide bonds. The molecule has 1 atom stereocenters. The van der Waals surface area contributed by atoms with Crippen LogP contribution in [0.2, 0.25) is 0 Å². The SMILES string of the molecule is c1ccc2c(c1)N=c1ccccc1=[AsH]2Oc1cccc2c1[As]=c1ccccc1=N2. The fraction of sp³-hybridized carbons (Fsp3) is 0. The van der Waals surface area contributed by atoms with E-state index in [9.17, 15) is 0 Å².